The Morgan fingerprint density at radius 2 is 1.77 bits per heavy atom. The number of hydrogen-bond acceptors (Lipinski definition) is 6. The lowest BCUT2D eigenvalue weighted by atomic mass is 9.89. The molecule has 0 aromatic heterocycles. The number of rotatable bonds is 5. The van der Waals surface area contributed by atoms with Crippen LogP contribution in [0.2, 0.25) is 0 Å². The van der Waals surface area contributed by atoms with Gasteiger partial charge in [-0.3, -0.25) is 25.7 Å². The van der Waals surface area contributed by atoms with Gasteiger partial charge >= 0.3 is 5.69 Å². The van der Waals surface area contributed by atoms with Crippen molar-refractivity contribution in [1.82, 2.24) is 0 Å². The summed E-state index contributed by atoms with van der Waals surface area (Å²) in [5.41, 5.74) is 3.38. The van der Waals surface area contributed by atoms with Gasteiger partial charge in [0.15, 0.2) is 0 Å². The van der Waals surface area contributed by atoms with Gasteiger partial charge in [-0.25, -0.2) is 0 Å². The highest BCUT2D eigenvalue weighted by Gasteiger charge is 2.20. The number of benzene rings is 1. The van der Waals surface area contributed by atoms with E-state index in [2.05, 4.69) is 17.5 Å². The smallest absolute Gasteiger partial charge is 0.272 e. The van der Waals surface area contributed by atoms with Gasteiger partial charge in [0, 0.05) is 11.8 Å². The summed E-state index contributed by atoms with van der Waals surface area (Å²) in [4.78, 5) is 20.8. The normalized spacial score (nSPS) is 20.5. The van der Waals surface area contributed by atoms with Crippen molar-refractivity contribution in [2.45, 2.75) is 64.7 Å². The number of nitro groups is 2. The van der Waals surface area contributed by atoms with Crippen LogP contribution in [-0.4, -0.2) is 15.6 Å². The molecule has 0 bridgehead atoms. The van der Waals surface area contributed by atoms with Crippen LogP contribution in [0.25, 0.3) is 0 Å². The number of hydrazone groups is 1. The summed E-state index contributed by atoms with van der Waals surface area (Å²) in [6.45, 7) is 2.14. The average Bonchev–Trinajstić information content (AvgIpc) is 2.63. The minimum Gasteiger partial charge on any atom is -0.272 e. The minimum absolute atomic E-state index is 0.181. The van der Waals surface area contributed by atoms with E-state index in [1.807, 2.05) is 0 Å². The van der Waals surface area contributed by atoms with E-state index in [1.165, 1.54) is 44.2 Å². The van der Waals surface area contributed by atoms with Gasteiger partial charge < -0.3 is 0 Å². The summed E-state index contributed by atoms with van der Waals surface area (Å²) in [5.74, 6) is 0.373. The second kappa shape index (κ2) is 9.84. The van der Waals surface area contributed by atoms with Gasteiger partial charge in [-0.1, -0.05) is 39.0 Å². The molecule has 1 aliphatic rings. The van der Waals surface area contributed by atoms with Crippen LogP contribution < -0.4 is 5.43 Å². The SMILES string of the molecule is CC[C@H]1CCCCCCCC/C1=N\Nc1ccc([N+](=O)[O-])cc1[N+](=O)[O-]. The predicted molar refractivity (Wildman–Crippen MR) is 102 cm³/mol. The Balaban J connectivity index is 2.23. The minimum atomic E-state index is -0.642. The van der Waals surface area contributed by atoms with Gasteiger partial charge in [-0.2, -0.15) is 5.10 Å². The molecule has 0 saturated heterocycles. The van der Waals surface area contributed by atoms with Crippen molar-refractivity contribution in [2.75, 3.05) is 5.43 Å². The van der Waals surface area contributed by atoms with E-state index in [0.717, 1.165) is 37.5 Å². The van der Waals surface area contributed by atoms with Gasteiger partial charge in [0.1, 0.15) is 5.69 Å². The first-order chi connectivity index (χ1) is 12.5. The van der Waals surface area contributed by atoms with E-state index >= 15 is 0 Å². The van der Waals surface area contributed by atoms with Crippen LogP contribution in [-0.2, 0) is 0 Å². The molecule has 8 nitrogen and oxygen atoms in total. The van der Waals surface area contributed by atoms with Gasteiger partial charge in [-0.05, 0) is 37.7 Å². The summed E-state index contributed by atoms with van der Waals surface area (Å²) >= 11 is 0. The molecular weight excluding hydrogens is 336 g/mol. The Labute approximate surface area is 153 Å². The first kappa shape index (κ1) is 19.8. The number of hydrogen-bond donors (Lipinski definition) is 1. The molecule has 0 heterocycles. The summed E-state index contributed by atoms with van der Waals surface area (Å²) in [6.07, 6.45) is 10.1. The number of nitrogens with one attached hydrogen (secondary N) is 1. The molecule has 1 aromatic rings. The van der Waals surface area contributed by atoms with Gasteiger partial charge in [0.2, 0.25) is 0 Å². The highest BCUT2D eigenvalue weighted by Crippen LogP contribution is 2.29. The van der Waals surface area contributed by atoms with E-state index in [-0.39, 0.29) is 17.1 Å². The number of non-ortho nitro benzene ring substituents is 1. The average molecular weight is 362 g/mol. The van der Waals surface area contributed by atoms with Crippen LogP contribution >= 0.6 is 0 Å². The highest BCUT2D eigenvalue weighted by molar-refractivity contribution is 5.87. The van der Waals surface area contributed by atoms with E-state index in [4.69, 9.17) is 0 Å². The zero-order valence-electron chi connectivity index (χ0n) is 15.1. The van der Waals surface area contributed by atoms with Gasteiger partial charge in [-0.15, -0.1) is 0 Å². The first-order valence-corrected chi connectivity index (χ1v) is 9.28. The quantitative estimate of drug-likeness (QED) is 0.554. The lowest BCUT2D eigenvalue weighted by molar-refractivity contribution is -0.393. The fourth-order valence-corrected chi connectivity index (χ4v) is 3.37. The Kier molecular flexibility index (Phi) is 7.50. The molecule has 1 aromatic carbocycles. The molecule has 142 valence electrons. The maximum atomic E-state index is 11.2. The third kappa shape index (κ3) is 5.50. The van der Waals surface area contributed by atoms with Crippen molar-refractivity contribution in [3.63, 3.8) is 0 Å². The second-order valence-electron chi connectivity index (χ2n) is 6.70. The molecule has 1 atom stereocenters. The summed E-state index contributed by atoms with van der Waals surface area (Å²) in [6, 6.07) is 3.56. The molecule has 2 rings (SSSR count). The summed E-state index contributed by atoms with van der Waals surface area (Å²) in [5, 5.41) is 26.6. The Morgan fingerprint density at radius 1 is 1.08 bits per heavy atom. The van der Waals surface area contributed by atoms with Crippen molar-refractivity contribution in [3.8, 4) is 0 Å². The number of anilines is 1. The van der Waals surface area contributed by atoms with Gasteiger partial charge in [0.05, 0.1) is 15.9 Å². The predicted octanol–water partition coefficient (Wildman–Crippen LogP) is 5.43. The maximum Gasteiger partial charge on any atom is 0.301 e. The highest BCUT2D eigenvalue weighted by atomic mass is 16.6. The first-order valence-electron chi connectivity index (χ1n) is 9.28. The van der Waals surface area contributed by atoms with Crippen LogP contribution in [0.15, 0.2) is 23.3 Å². The molecule has 1 fully saturated rings. The van der Waals surface area contributed by atoms with Crippen molar-refractivity contribution >= 4 is 22.8 Å². The topological polar surface area (TPSA) is 111 Å². The van der Waals surface area contributed by atoms with Crippen LogP contribution in [0.1, 0.15) is 64.7 Å². The van der Waals surface area contributed by atoms with E-state index in [1.54, 1.807) is 0 Å². The third-order valence-corrected chi connectivity index (χ3v) is 4.91. The van der Waals surface area contributed by atoms with Crippen molar-refractivity contribution in [1.29, 1.82) is 0 Å². The molecule has 0 aliphatic heterocycles. The fourth-order valence-electron chi connectivity index (χ4n) is 3.37. The summed E-state index contributed by atoms with van der Waals surface area (Å²) in [7, 11) is 0. The summed E-state index contributed by atoms with van der Waals surface area (Å²) < 4.78 is 0. The molecule has 26 heavy (non-hydrogen) atoms. The Hall–Kier alpha value is -2.51. The van der Waals surface area contributed by atoms with E-state index in [0.29, 0.717) is 5.92 Å². The number of nitrogens with zero attached hydrogens (tertiary/aromatic N) is 3. The van der Waals surface area contributed by atoms with Crippen LogP contribution in [0.5, 0.6) is 0 Å². The molecule has 8 heteroatoms. The molecule has 0 unspecified atom stereocenters. The largest absolute Gasteiger partial charge is 0.301 e. The second-order valence-corrected chi connectivity index (χ2v) is 6.70. The molecule has 0 amide bonds. The Morgan fingerprint density at radius 3 is 2.42 bits per heavy atom. The van der Waals surface area contributed by atoms with Crippen molar-refractivity contribution in [2.24, 2.45) is 11.0 Å². The zero-order valence-corrected chi connectivity index (χ0v) is 15.1. The van der Waals surface area contributed by atoms with Gasteiger partial charge in [0.25, 0.3) is 5.69 Å². The van der Waals surface area contributed by atoms with E-state index < -0.39 is 9.85 Å². The maximum absolute atomic E-state index is 11.2. The van der Waals surface area contributed by atoms with Crippen molar-refractivity contribution in [3.05, 3.63) is 38.4 Å². The molecule has 0 radical (unpaired) electrons. The van der Waals surface area contributed by atoms with Crippen LogP contribution in [0.4, 0.5) is 17.1 Å². The lowest BCUT2D eigenvalue weighted by Gasteiger charge is -2.19. The lowest BCUT2D eigenvalue weighted by Crippen LogP contribution is -2.17. The van der Waals surface area contributed by atoms with E-state index in [9.17, 15) is 20.2 Å². The number of nitro benzene ring substituents is 2. The van der Waals surface area contributed by atoms with Crippen LogP contribution in [0.3, 0.4) is 0 Å². The Bertz CT molecular complexity index is 675. The monoisotopic (exact) mass is 362 g/mol. The molecular formula is C18H26N4O4. The molecule has 1 saturated carbocycles. The van der Waals surface area contributed by atoms with Crippen LogP contribution in [0, 0.1) is 26.1 Å². The molecule has 0 spiro atoms. The molecule has 1 aliphatic carbocycles. The molecule has 1 N–H and O–H groups in total. The van der Waals surface area contributed by atoms with Crippen molar-refractivity contribution < 1.29 is 9.85 Å². The third-order valence-electron chi connectivity index (χ3n) is 4.91. The fraction of sp³-hybridized carbons (Fsp3) is 0.611. The zero-order chi connectivity index (χ0) is 18.9. The standard InChI is InChI=1S/C18H26N4O4/c1-2-14-9-7-5-3-4-6-8-10-16(14)19-20-17-12-11-15(21(23)24)13-18(17)22(25)26/h11-14,20H,2-10H2,1H3/b19-16+/t14-/m0/s1.